The second-order valence-corrected chi connectivity index (χ2v) is 5.30. The molecule has 0 aromatic heterocycles. The van der Waals surface area contributed by atoms with Gasteiger partial charge < -0.3 is 14.8 Å². The molecular weight excluding hydrogens is 406 g/mol. The van der Waals surface area contributed by atoms with Crippen LogP contribution in [0.15, 0.2) is 66.1 Å². The molecule has 0 radical (unpaired) electrons. The van der Waals surface area contributed by atoms with Crippen LogP contribution < -0.4 is 10.6 Å². The summed E-state index contributed by atoms with van der Waals surface area (Å²) in [4.78, 5) is 14.1. The Balaban J connectivity index is 0.000000549. The first-order valence-electron chi connectivity index (χ1n) is 9.61. The van der Waals surface area contributed by atoms with Gasteiger partial charge in [0.05, 0.1) is 18.2 Å². The summed E-state index contributed by atoms with van der Waals surface area (Å²) in [6.07, 6.45) is 0.540. The molecule has 9 heteroatoms. The third kappa shape index (κ3) is 10.1. The van der Waals surface area contributed by atoms with Crippen LogP contribution in [0, 0.1) is 11.3 Å². The van der Waals surface area contributed by atoms with Crippen LogP contribution in [0.5, 0.6) is 0 Å². The summed E-state index contributed by atoms with van der Waals surface area (Å²) in [5, 5.41) is 13.6. The Labute approximate surface area is 181 Å². The Kier molecular flexibility index (Phi) is 13.4. The topological polar surface area (TPSA) is 95.7 Å². The molecule has 1 amide bonds. The number of hydrogen-bond acceptors (Lipinski definition) is 6. The van der Waals surface area contributed by atoms with E-state index < -0.39 is 6.29 Å². The Morgan fingerprint density at radius 2 is 1.94 bits per heavy atom. The van der Waals surface area contributed by atoms with Crippen molar-refractivity contribution in [1.29, 1.82) is 5.26 Å². The van der Waals surface area contributed by atoms with Gasteiger partial charge >= 0.3 is 6.29 Å². The molecule has 168 valence electrons. The van der Waals surface area contributed by atoms with Crippen molar-refractivity contribution in [3.05, 3.63) is 72.2 Å². The van der Waals surface area contributed by atoms with Crippen molar-refractivity contribution in [2.75, 3.05) is 13.1 Å². The van der Waals surface area contributed by atoms with Crippen molar-refractivity contribution in [2.24, 2.45) is 4.99 Å². The number of amides is 1. The van der Waals surface area contributed by atoms with Crippen molar-refractivity contribution in [3.8, 4) is 6.07 Å². The molecule has 2 heterocycles. The highest BCUT2D eigenvalue weighted by molar-refractivity contribution is 5.88. The molecule has 0 unspecified atom stereocenters. The number of carbonyl (C=O) groups excluding carboxylic acids is 1. The lowest BCUT2D eigenvalue weighted by molar-refractivity contribution is -0.326. The van der Waals surface area contributed by atoms with Gasteiger partial charge in [-0.15, -0.1) is 21.9 Å². The lowest BCUT2D eigenvalue weighted by Crippen LogP contribution is -2.36. The molecule has 7 nitrogen and oxygen atoms in total. The van der Waals surface area contributed by atoms with Gasteiger partial charge in [-0.05, 0) is 36.3 Å². The highest BCUT2D eigenvalue weighted by atomic mass is 19.3. The van der Waals surface area contributed by atoms with Gasteiger partial charge in [-0.3, -0.25) is 10.1 Å². The van der Waals surface area contributed by atoms with Crippen LogP contribution in [0.25, 0.3) is 0 Å². The number of halogens is 2. The second kappa shape index (κ2) is 15.2. The maximum absolute atomic E-state index is 12.8. The average molecular weight is 434 g/mol. The number of ether oxygens (including phenoxy) is 2. The number of fused-ring (bicyclic) bond motifs is 1. The quantitative estimate of drug-likeness (QED) is 0.542. The molecule has 0 saturated carbocycles. The minimum absolute atomic E-state index is 0.0509. The fraction of sp³-hybridized carbons (Fsp3) is 0.318. The smallest absolute Gasteiger partial charge is 0.396 e. The number of nitriles is 1. The number of aryl methyl sites for hydroxylation is 1. The number of rotatable bonds is 2. The van der Waals surface area contributed by atoms with Crippen LogP contribution in [0.1, 0.15) is 31.9 Å². The van der Waals surface area contributed by atoms with Crippen molar-refractivity contribution in [1.82, 2.24) is 10.6 Å². The first kappa shape index (κ1) is 27.3. The van der Waals surface area contributed by atoms with E-state index in [2.05, 4.69) is 51.3 Å². The summed E-state index contributed by atoms with van der Waals surface area (Å²) in [5.41, 5.74) is 1.97. The van der Waals surface area contributed by atoms with E-state index in [1.54, 1.807) is 0 Å². The van der Waals surface area contributed by atoms with E-state index in [1.165, 1.54) is 17.7 Å². The van der Waals surface area contributed by atoms with Gasteiger partial charge in [0.1, 0.15) is 0 Å². The summed E-state index contributed by atoms with van der Waals surface area (Å²) in [5.74, 6) is 0.137. The van der Waals surface area contributed by atoms with Gasteiger partial charge in [0.2, 0.25) is 6.41 Å². The third-order valence-electron chi connectivity index (χ3n) is 3.44. The summed E-state index contributed by atoms with van der Waals surface area (Å²) in [6.45, 7) is 12.3. The fourth-order valence-corrected chi connectivity index (χ4v) is 2.19. The standard InChI is InChI=1S/C9H9F2N3O3.C9H9N.C2H6.C2H4/c10-9(11)16-6-1-3-12-8(14-5-15)13-4-2-7(6)17-9;1-2-8-4-3-5-9(6-8)7-10;2*1-2/h1-2,5H,3-4H2,(H2,12,13,14,15);3-6H,2H2,1H3;1-2H3;1-2H2/b6-1+,7-2+;;;. The second-order valence-electron chi connectivity index (χ2n) is 5.30. The Morgan fingerprint density at radius 3 is 2.52 bits per heavy atom. The SMILES string of the molecule is C=C.CC.CCc1cccc(C#N)c1.O=CNC1=NC/C=C2/OC(F)(F)O/C2=C/CN1. The van der Waals surface area contributed by atoms with E-state index >= 15 is 0 Å². The third-order valence-corrected chi connectivity index (χ3v) is 3.44. The number of nitrogens with zero attached hydrogens (tertiary/aromatic N) is 2. The lowest BCUT2D eigenvalue weighted by Gasteiger charge is -2.06. The lowest BCUT2D eigenvalue weighted by atomic mass is 10.1. The number of alkyl halides is 2. The van der Waals surface area contributed by atoms with E-state index in [1.807, 2.05) is 38.1 Å². The largest absolute Gasteiger partial charge is 0.586 e. The minimum atomic E-state index is -3.63. The summed E-state index contributed by atoms with van der Waals surface area (Å²) in [6, 6.07) is 9.78. The molecule has 2 aliphatic heterocycles. The molecule has 2 N–H and O–H groups in total. The van der Waals surface area contributed by atoms with Gasteiger partial charge in [-0.25, -0.2) is 4.99 Å². The van der Waals surface area contributed by atoms with Crippen molar-refractivity contribution < 1.29 is 23.0 Å². The van der Waals surface area contributed by atoms with Crippen LogP contribution in [0.4, 0.5) is 8.78 Å². The van der Waals surface area contributed by atoms with Gasteiger partial charge in [0, 0.05) is 6.54 Å². The predicted molar refractivity (Wildman–Crippen MR) is 116 cm³/mol. The summed E-state index contributed by atoms with van der Waals surface area (Å²) in [7, 11) is 0. The van der Waals surface area contributed by atoms with E-state index in [9.17, 15) is 13.6 Å². The molecule has 3 rings (SSSR count). The van der Waals surface area contributed by atoms with Gasteiger partial charge in [0.15, 0.2) is 17.5 Å². The zero-order valence-electron chi connectivity index (χ0n) is 18.0. The molecule has 1 saturated heterocycles. The molecule has 0 aliphatic carbocycles. The molecular formula is C22H28F2N4O3. The first-order chi connectivity index (χ1) is 15.0. The van der Waals surface area contributed by atoms with Gasteiger partial charge in [0.25, 0.3) is 0 Å². The van der Waals surface area contributed by atoms with Gasteiger partial charge in [-0.1, -0.05) is 32.9 Å². The summed E-state index contributed by atoms with van der Waals surface area (Å²) >= 11 is 0. The van der Waals surface area contributed by atoms with E-state index in [-0.39, 0.29) is 30.6 Å². The van der Waals surface area contributed by atoms with E-state index in [0.29, 0.717) is 6.41 Å². The van der Waals surface area contributed by atoms with E-state index in [4.69, 9.17) is 5.26 Å². The van der Waals surface area contributed by atoms with Crippen LogP contribution in [-0.2, 0) is 20.7 Å². The highest BCUT2D eigenvalue weighted by Crippen LogP contribution is 2.36. The molecule has 1 aromatic rings. The van der Waals surface area contributed by atoms with Crippen molar-refractivity contribution in [3.63, 3.8) is 0 Å². The highest BCUT2D eigenvalue weighted by Gasteiger charge is 2.45. The van der Waals surface area contributed by atoms with Crippen LogP contribution >= 0.6 is 0 Å². The molecule has 31 heavy (non-hydrogen) atoms. The predicted octanol–water partition coefficient (Wildman–Crippen LogP) is 4.01. The number of benzene rings is 1. The first-order valence-corrected chi connectivity index (χ1v) is 9.61. The number of carbonyl (C=O) groups is 1. The van der Waals surface area contributed by atoms with Crippen molar-refractivity contribution >= 4 is 12.4 Å². The monoisotopic (exact) mass is 434 g/mol. The van der Waals surface area contributed by atoms with Gasteiger partial charge in [-0.2, -0.15) is 5.26 Å². The molecule has 1 fully saturated rings. The maximum Gasteiger partial charge on any atom is 0.586 e. The molecule has 0 bridgehead atoms. The normalized spacial score (nSPS) is 18.5. The van der Waals surface area contributed by atoms with Crippen LogP contribution in [-0.4, -0.2) is 31.8 Å². The fourth-order valence-electron chi connectivity index (χ4n) is 2.19. The zero-order chi connectivity index (χ0) is 23.7. The number of guanidine groups is 1. The van der Waals surface area contributed by atoms with Crippen molar-refractivity contribution in [2.45, 2.75) is 33.5 Å². The molecule has 0 atom stereocenters. The molecule has 2 aliphatic rings. The molecule has 1 aromatic carbocycles. The van der Waals surface area contributed by atoms with E-state index in [0.717, 1.165) is 12.0 Å². The summed E-state index contributed by atoms with van der Waals surface area (Å²) < 4.78 is 34.1. The number of aliphatic imine (C=N–C) groups is 1. The van der Waals surface area contributed by atoms with Crippen LogP contribution in [0.3, 0.4) is 0 Å². The van der Waals surface area contributed by atoms with Crippen LogP contribution in [0.2, 0.25) is 0 Å². The number of nitrogens with one attached hydrogen (secondary N) is 2. The zero-order valence-corrected chi connectivity index (χ0v) is 18.0. The minimum Gasteiger partial charge on any atom is -0.396 e. The Hall–Kier alpha value is -3.67. The average Bonchev–Trinajstić information content (AvgIpc) is 3.13. The Bertz CT molecular complexity index is 830. The molecule has 0 spiro atoms. The number of hydrogen-bond donors (Lipinski definition) is 2. The maximum atomic E-state index is 12.8. The Morgan fingerprint density at radius 1 is 1.29 bits per heavy atom.